The van der Waals surface area contributed by atoms with Crippen LogP contribution in [0.25, 0.3) is 0 Å². The number of phenols is 2. The molecule has 0 fully saturated rings. The Morgan fingerprint density at radius 1 is 1.36 bits per heavy atom. The lowest BCUT2D eigenvalue weighted by atomic mass is 10.1. The van der Waals surface area contributed by atoms with E-state index in [0.29, 0.717) is 5.56 Å². The van der Waals surface area contributed by atoms with Crippen LogP contribution in [0.2, 0.25) is 0 Å². The molecule has 0 aliphatic heterocycles. The van der Waals surface area contributed by atoms with Gasteiger partial charge < -0.3 is 21.1 Å². The van der Waals surface area contributed by atoms with Gasteiger partial charge in [0.15, 0.2) is 11.5 Å². The van der Waals surface area contributed by atoms with Gasteiger partial charge in [-0.2, -0.15) is 0 Å². The summed E-state index contributed by atoms with van der Waals surface area (Å²) in [6.45, 7) is 0. The summed E-state index contributed by atoms with van der Waals surface area (Å²) in [5, 5.41) is 27.5. The van der Waals surface area contributed by atoms with Gasteiger partial charge in [-0.25, -0.2) is 0 Å². The van der Waals surface area contributed by atoms with Gasteiger partial charge in [-0.1, -0.05) is 6.07 Å². The van der Waals surface area contributed by atoms with Crippen LogP contribution in [0.3, 0.4) is 0 Å². The van der Waals surface area contributed by atoms with Crippen molar-refractivity contribution in [3.8, 4) is 11.5 Å². The molecule has 0 heterocycles. The van der Waals surface area contributed by atoms with E-state index in [4.69, 9.17) is 15.9 Å². The lowest BCUT2D eigenvalue weighted by Gasteiger charge is -2.09. The van der Waals surface area contributed by atoms with Crippen molar-refractivity contribution in [3.63, 3.8) is 0 Å². The fraction of sp³-hybridized carbons (Fsp3) is 0.222. The second-order valence-corrected chi connectivity index (χ2v) is 2.93. The van der Waals surface area contributed by atoms with Gasteiger partial charge in [0.2, 0.25) is 5.91 Å². The molecular weight excluding hydrogens is 186 g/mol. The number of benzene rings is 1. The van der Waals surface area contributed by atoms with Gasteiger partial charge >= 0.3 is 0 Å². The quantitative estimate of drug-likeness (QED) is 0.512. The van der Waals surface area contributed by atoms with Crippen LogP contribution in [0.1, 0.15) is 18.1 Å². The predicted octanol–water partition coefficient (Wildman–Crippen LogP) is 0.00660. The molecule has 0 bridgehead atoms. The first-order valence-corrected chi connectivity index (χ1v) is 3.99. The normalized spacial score (nSPS) is 12.4. The molecule has 1 aromatic rings. The van der Waals surface area contributed by atoms with E-state index >= 15 is 0 Å². The first-order valence-electron chi connectivity index (χ1n) is 3.99. The number of carbonyl (C=O) groups excluding carboxylic acids is 1. The first kappa shape index (κ1) is 10.3. The Kier molecular flexibility index (Phi) is 2.93. The molecule has 0 saturated carbocycles. The van der Waals surface area contributed by atoms with Crippen molar-refractivity contribution < 1.29 is 20.1 Å². The van der Waals surface area contributed by atoms with Crippen molar-refractivity contribution >= 4 is 5.91 Å². The number of aliphatic hydroxyl groups is 1. The van der Waals surface area contributed by atoms with Crippen molar-refractivity contribution in [2.45, 2.75) is 12.5 Å². The van der Waals surface area contributed by atoms with Crippen molar-refractivity contribution in [3.05, 3.63) is 23.8 Å². The molecule has 1 rings (SSSR count). The zero-order chi connectivity index (χ0) is 10.7. The lowest BCUT2D eigenvalue weighted by Crippen LogP contribution is -2.14. The summed E-state index contributed by atoms with van der Waals surface area (Å²) in [7, 11) is 0. The Hall–Kier alpha value is -1.75. The van der Waals surface area contributed by atoms with Gasteiger partial charge in [0, 0.05) is 0 Å². The lowest BCUT2D eigenvalue weighted by molar-refractivity contribution is -0.119. The molecule has 76 valence electrons. The Morgan fingerprint density at radius 2 is 2.00 bits per heavy atom. The molecule has 0 saturated heterocycles. The van der Waals surface area contributed by atoms with Crippen LogP contribution < -0.4 is 5.73 Å². The standard InChI is InChI=1S/C9H11NO4/c10-9(14)4-7(12)5-1-2-6(11)8(13)3-5/h1-3,7,11-13H,4H2,(H2,10,14). The van der Waals surface area contributed by atoms with Crippen LogP contribution in [0, 0.1) is 0 Å². The van der Waals surface area contributed by atoms with E-state index in [1.54, 1.807) is 0 Å². The molecule has 0 aromatic heterocycles. The number of primary amides is 1. The summed E-state index contributed by atoms with van der Waals surface area (Å²) in [4.78, 5) is 10.5. The molecular formula is C9H11NO4. The number of carbonyl (C=O) groups is 1. The van der Waals surface area contributed by atoms with Crippen LogP contribution in [0.4, 0.5) is 0 Å². The molecule has 14 heavy (non-hydrogen) atoms. The largest absolute Gasteiger partial charge is 0.504 e. The minimum absolute atomic E-state index is 0.218. The van der Waals surface area contributed by atoms with Crippen molar-refractivity contribution in [1.29, 1.82) is 0 Å². The minimum Gasteiger partial charge on any atom is -0.504 e. The van der Waals surface area contributed by atoms with Crippen molar-refractivity contribution in [1.82, 2.24) is 0 Å². The third kappa shape index (κ3) is 2.37. The maximum Gasteiger partial charge on any atom is 0.220 e. The molecule has 0 spiro atoms. The van der Waals surface area contributed by atoms with E-state index in [-0.39, 0.29) is 17.9 Å². The third-order valence-electron chi connectivity index (χ3n) is 1.78. The second kappa shape index (κ2) is 3.97. The van der Waals surface area contributed by atoms with Gasteiger partial charge in [-0.05, 0) is 17.7 Å². The molecule has 5 nitrogen and oxygen atoms in total. The van der Waals surface area contributed by atoms with Crippen LogP contribution in [0.5, 0.6) is 11.5 Å². The Balaban J connectivity index is 2.85. The van der Waals surface area contributed by atoms with E-state index in [2.05, 4.69) is 0 Å². The van der Waals surface area contributed by atoms with Crippen LogP contribution in [-0.2, 0) is 4.79 Å². The summed E-state index contributed by atoms with van der Waals surface area (Å²) in [6, 6.07) is 3.82. The second-order valence-electron chi connectivity index (χ2n) is 2.93. The summed E-state index contributed by atoms with van der Waals surface area (Å²) < 4.78 is 0. The predicted molar refractivity (Wildman–Crippen MR) is 48.5 cm³/mol. The average molecular weight is 197 g/mol. The van der Waals surface area contributed by atoms with Gasteiger partial charge in [0.25, 0.3) is 0 Å². The Labute approximate surface area is 80.4 Å². The SMILES string of the molecule is NC(=O)CC(O)c1ccc(O)c(O)c1. The third-order valence-corrected chi connectivity index (χ3v) is 1.78. The molecule has 1 amide bonds. The molecule has 1 unspecified atom stereocenters. The van der Waals surface area contributed by atoms with E-state index in [9.17, 15) is 9.90 Å². The van der Waals surface area contributed by atoms with Crippen molar-refractivity contribution in [2.24, 2.45) is 5.73 Å². The molecule has 0 aliphatic rings. The van der Waals surface area contributed by atoms with Gasteiger partial charge in [-0.15, -0.1) is 0 Å². The zero-order valence-electron chi connectivity index (χ0n) is 7.34. The average Bonchev–Trinajstić information content (AvgIpc) is 2.08. The van der Waals surface area contributed by atoms with Crippen LogP contribution in [0.15, 0.2) is 18.2 Å². The number of amides is 1. The highest BCUT2D eigenvalue weighted by Crippen LogP contribution is 2.28. The smallest absolute Gasteiger partial charge is 0.220 e. The Bertz CT molecular complexity index is 351. The molecule has 0 radical (unpaired) electrons. The summed E-state index contributed by atoms with van der Waals surface area (Å²) in [5.41, 5.74) is 5.22. The van der Waals surface area contributed by atoms with Crippen molar-refractivity contribution in [2.75, 3.05) is 0 Å². The number of hydrogen-bond donors (Lipinski definition) is 4. The van der Waals surface area contributed by atoms with E-state index in [1.807, 2.05) is 0 Å². The molecule has 0 aliphatic carbocycles. The van der Waals surface area contributed by atoms with Gasteiger partial charge in [-0.3, -0.25) is 4.79 Å². The number of rotatable bonds is 3. The van der Waals surface area contributed by atoms with Gasteiger partial charge in [0.05, 0.1) is 12.5 Å². The molecule has 1 atom stereocenters. The van der Waals surface area contributed by atoms with E-state index in [0.717, 1.165) is 0 Å². The molecule has 1 aromatic carbocycles. The maximum absolute atomic E-state index is 10.5. The van der Waals surface area contributed by atoms with Gasteiger partial charge in [0.1, 0.15) is 0 Å². The highest BCUT2D eigenvalue weighted by molar-refractivity contribution is 5.74. The topological polar surface area (TPSA) is 104 Å². The molecule has 5 heteroatoms. The first-order chi connectivity index (χ1) is 6.50. The summed E-state index contributed by atoms with van der Waals surface area (Å²) >= 11 is 0. The minimum atomic E-state index is -1.06. The monoisotopic (exact) mass is 197 g/mol. The molecule has 5 N–H and O–H groups in total. The number of aromatic hydroxyl groups is 2. The fourth-order valence-electron chi connectivity index (χ4n) is 1.06. The number of aliphatic hydroxyl groups excluding tert-OH is 1. The van der Waals surface area contributed by atoms with Crippen LogP contribution >= 0.6 is 0 Å². The number of phenolic OH excluding ortho intramolecular Hbond substituents is 2. The fourth-order valence-corrected chi connectivity index (χ4v) is 1.06. The highest BCUT2D eigenvalue weighted by atomic mass is 16.3. The van der Waals surface area contributed by atoms with E-state index < -0.39 is 12.0 Å². The summed E-state index contributed by atoms with van der Waals surface area (Å²) in [5.74, 6) is -1.25. The zero-order valence-corrected chi connectivity index (χ0v) is 7.34. The number of hydrogen-bond acceptors (Lipinski definition) is 4. The van der Waals surface area contributed by atoms with E-state index in [1.165, 1.54) is 18.2 Å². The Morgan fingerprint density at radius 3 is 2.50 bits per heavy atom. The van der Waals surface area contributed by atoms with Crippen LogP contribution in [-0.4, -0.2) is 21.2 Å². The number of nitrogens with two attached hydrogens (primary N) is 1. The summed E-state index contributed by atoms with van der Waals surface area (Å²) in [6.07, 6.45) is -1.27. The highest BCUT2D eigenvalue weighted by Gasteiger charge is 2.12. The maximum atomic E-state index is 10.5.